The van der Waals surface area contributed by atoms with Crippen molar-refractivity contribution in [3.05, 3.63) is 35.4 Å². The molecular formula is C18H21F5N6. The van der Waals surface area contributed by atoms with Gasteiger partial charge in [0, 0.05) is 56.7 Å². The van der Waals surface area contributed by atoms with E-state index in [4.69, 9.17) is 0 Å². The van der Waals surface area contributed by atoms with E-state index in [9.17, 15) is 22.0 Å². The molecular weight excluding hydrogens is 395 g/mol. The average Bonchev–Trinajstić information content (AvgIpc) is 3.25. The van der Waals surface area contributed by atoms with Gasteiger partial charge in [-0.25, -0.2) is 18.7 Å². The van der Waals surface area contributed by atoms with E-state index in [1.54, 1.807) is 13.2 Å². The summed E-state index contributed by atoms with van der Waals surface area (Å²) in [4.78, 5) is 11.8. The van der Waals surface area contributed by atoms with Crippen LogP contribution < -0.4 is 4.90 Å². The molecule has 2 aromatic heterocycles. The van der Waals surface area contributed by atoms with Crippen LogP contribution in [0.2, 0.25) is 0 Å². The molecule has 11 heteroatoms. The molecule has 4 rings (SSSR count). The molecule has 0 N–H and O–H groups in total. The summed E-state index contributed by atoms with van der Waals surface area (Å²) in [7, 11) is 1.60. The van der Waals surface area contributed by atoms with Crippen LogP contribution in [0.4, 0.5) is 27.9 Å². The number of aryl methyl sites for hydroxylation is 1. The zero-order valence-corrected chi connectivity index (χ0v) is 15.8. The highest BCUT2D eigenvalue weighted by atomic mass is 19.4. The summed E-state index contributed by atoms with van der Waals surface area (Å²) in [5.74, 6) is 0.0869. The van der Waals surface area contributed by atoms with Gasteiger partial charge < -0.3 is 4.90 Å². The average molecular weight is 416 g/mol. The smallest absolute Gasteiger partial charge is 0.334 e. The monoisotopic (exact) mass is 416 g/mol. The quantitative estimate of drug-likeness (QED) is 0.676. The topological polar surface area (TPSA) is 50.1 Å². The molecule has 1 unspecified atom stereocenters. The van der Waals surface area contributed by atoms with E-state index in [-0.39, 0.29) is 23.7 Å². The Morgan fingerprint density at radius 1 is 1.21 bits per heavy atom. The third-order valence-corrected chi connectivity index (χ3v) is 5.28. The standard InChI is InChI=1S/C18H21F5N6/c1-27-8-11(15(26-27)16(19)20)9-28-7-5-13(10-28)29(12-2-3-12)17-24-6-4-14(25-17)18(21,22)23/h4,6,8,12-13,16H,2-3,5,7,9-10H2,1H3. The van der Waals surface area contributed by atoms with Crippen LogP contribution in [0.15, 0.2) is 18.5 Å². The predicted octanol–water partition coefficient (Wildman–Crippen LogP) is 3.41. The molecule has 6 nitrogen and oxygen atoms in total. The summed E-state index contributed by atoms with van der Waals surface area (Å²) in [5, 5.41) is 3.83. The van der Waals surface area contributed by atoms with Crippen molar-refractivity contribution >= 4 is 5.95 Å². The molecule has 2 aliphatic rings. The first-order chi connectivity index (χ1) is 13.7. The Bertz CT molecular complexity index is 863. The summed E-state index contributed by atoms with van der Waals surface area (Å²) in [6.45, 7) is 1.53. The van der Waals surface area contributed by atoms with E-state index >= 15 is 0 Å². The van der Waals surface area contributed by atoms with Gasteiger partial charge in [-0.3, -0.25) is 9.58 Å². The first-order valence-corrected chi connectivity index (χ1v) is 9.44. The van der Waals surface area contributed by atoms with E-state index in [0.29, 0.717) is 31.6 Å². The SMILES string of the molecule is Cn1cc(CN2CCC(N(c3nccc(C(F)(F)F)n3)C3CC3)C2)c(C(F)F)n1. The molecule has 1 aliphatic carbocycles. The Morgan fingerprint density at radius 3 is 2.62 bits per heavy atom. The Kier molecular flexibility index (Phi) is 5.18. The molecule has 0 bridgehead atoms. The Hall–Kier alpha value is -2.30. The van der Waals surface area contributed by atoms with Gasteiger partial charge in [0.25, 0.3) is 6.43 Å². The number of aromatic nitrogens is 4. The molecule has 1 atom stereocenters. The fraction of sp³-hybridized carbons (Fsp3) is 0.611. The minimum atomic E-state index is -4.53. The molecule has 3 heterocycles. The largest absolute Gasteiger partial charge is 0.433 e. The van der Waals surface area contributed by atoms with Gasteiger partial charge in [-0.1, -0.05) is 0 Å². The van der Waals surface area contributed by atoms with Gasteiger partial charge in [0.2, 0.25) is 5.95 Å². The Morgan fingerprint density at radius 2 is 1.97 bits per heavy atom. The number of rotatable bonds is 6. The molecule has 1 aliphatic heterocycles. The number of hydrogen-bond donors (Lipinski definition) is 0. The van der Waals surface area contributed by atoms with Crippen molar-refractivity contribution in [1.82, 2.24) is 24.6 Å². The van der Waals surface area contributed by atoms with Crippen LogP contribution >= 0.6 is 0 Å². The third kappa shape index (κ3) is 4.34. The van der Waals surface area contributed by atoms with Crippen LogP contribution in [0, 0.1) is 0 Å². The van der Waals surface area contributed by atoms with Crippen LogP contribution in [0.25, 0.3) is 0 Å². The van der Waals surface area contributed by atoms with Gasteiger partial charge in [-0.2, -0.15) is 18.3 Å². The molecule has 0 aromatic carbocycles. The van der Waals surface area contributed by atoms with E-state index < -0.39 is 18.3 Å². The Balaban J connectivity index is 1.50. The lowest BCUT2D eigenvalue weighted by molar-refractivity contribution is -0.141. The Labute approximate surface area is 164 Å². The predicted molar refractivity (Wildman–Crippen MR) is 94.4 cm³/mol. The second-order valence-corrected chi connectivity index (χ2v) is 7.57. The number of anilines is 1. The summed E-state index contributed by atoms with van der Waals surface area (Å²) in [5.41, 5.74) is -0.715. The van der Waals surface area contributed by atoms with Gasteiger partial charge in [0.1, 0.15) is 11.4 Å². The molecule has 2 aromatic rings. The van der Waals surface area contributed by atoms with Crippen LogP contribution in [0.3, 0.4) is 0 Å². The van der Waals surface area contributed by atoms with Crippen molar-refractivity contribution in [1.29, 1.82) is 0 Å². The summed E-state index contributed by atoms with van der Waals surface area (Å²) in [6.07, 6.45) is -1.98. The number of nitrogens with zero attached hydrogens (tertiary/aromatic N) is 6. The van der Waals surface area contributed by atoms with Gasteiger partial charge in [-0.05, 0) is 25.3 Å². The second-order valence-electron chi connectivity index (χ2n) is 7.57. The van der Waals surface area contributed by atoms with E-state index in [0.717, 1.165) is 25.1 Å². The van der Waals surface area contributed by atoms with Crippen molar-refractivity contribution in [2.45, 2.75) is 50.5 Å². The molecule has 2 fully saturated rings. The molecule has 29 heavy (non-hydrogen) atoms. The van der Waals surface area contributed by atoms with Crippen molar-refractivity contribution < 1.29 is 22.0 Å². The highest BCUT2D eigenvalue weighted by Gasteiger charge is 2.40. The summed E-state index contributed by atoms with van der Waals surface area (Å²) in [6, 6.07) is 0.931. The van der Waals surface area contributed by atoms with Gasteiger partial charge >= 0.3 is 6.18 Å². The maximum atomic E-state index is 13.2. The second kappa shape index (κ2) is 7.51. The van der Waals surface area contributed by atoms with E-state index in [1.165, 1.54) is 4.68 Å². The van der Waals surface area contributed by atoms with Crippen LogP contribution in [0.5, 0.6) is 0 Å². The van der Waals surface area contributed by atoms with Crippen LogP contribution in [-0.4, -0.2) is 49.8 Å². The maximum absolute atomic E-state index is 13.2. The minimum Gasteiger partial charge on any atom is -0.334 e. The fourth-order valence-electron chi connectivity index (χ4n) is 3.89. The van der Waals surface area contributed by atoms with Gasteiger partial charge in [0.15, 0.2) is 0 Å². The van der Waals surface area contributed by atoms with Gasteiger partial charge in [0.05, 0.1) is 0 Å². The molecule has 0 spiro atoms. The van der Waals surface area contributed by atoms with Gasteiger partial charge in [-0.15, -0.1) is 0 Å². The summed E-state index contributed by atoms with van der Waals surface area (Å²) < 4.78 is 66.9. The number of halogens is 5. The molecule has 0 amide bonds. The lowest BCUT2D eigenvalue weighted by Crippen LogP contribution is -2.40. The molecule has 1 saturated carbocycles. The highest BCUT2D eigenvalue weighted by Crippen LogP contribution is 2.36. The number of likely N-dealkylation sites (tertiary alicyclic amines) is 1. The lowest BCUT2D eigenvalue weighted by atomic mass is 10.2. The molecule has 1 saturated heterocycles. The first-order valence-electron chi connectivity index (χ1n) is 9.44. The van der Waals surface area contributed by atoms with Crippen molar-refractivity contribution in [3.8, 4) is 0 Å². The zero-order chi connectivity index (χ0) is 20.8. The fourth-order valence-corrected chi connectivity index (χ4v) is 3.89. The van der Waals surface area contributed by atoms with E-state index in [1.807, 2.05) is 9.80 Å². The van der Waals surface area contributed by atoms with Crippen LogP contribution in [-0.2, 0) is 19.8 Å². The van der Waals surface area contributed by atoms with Crippen molar-refractivity contribution in [2.75, 3.05) is 18.0 Å². The zero-order valence-electron chi connectivity index (χ0n) is 15.8. The third-order valence-electron chi connectivity index (χ3n) is 5.28. The number of alkyl halides is 5. The maximum Gasteiger partial charge on any atom is 0.433 e. The summed E-state index contributed by atoms with van der Waals surface area (Å²) >= 11 is 0. The van der Waals surface area contributed by atoms with Crippen LogP contribution in [0.1, 0.15) is 42.6 Å². The van der Waals surface area contributed by atoms with Crippen molar-refractivity contribution in [2.24, 2.45) is 7.05 Å². The molecule has 158 valence electrons. The molecule has 0 radical (unpaired) electrons. The van der Waals surface area contributed by atoms with E-state index in [2.05, 4.69) is 15.1 Å². The highest BCUT2D eigenvalue weighted by molar-refractivity contribution is 5.37. The minimum absolute atomic E-state index is 0.0577. The normalized spacial score (nSPS) is 20.6. The lowest BCUT2D eigenvalue weighted by Gasteiger charge is -2.29. The van der Waals surface area contributed by atoms with Crippen molar-refractivity contribution in [3.63, 3.8) is 0 Å². The number of hydrogen-bond acceptors (Lipinski definition) is 5. The first kappa shape index (κ1) is 20.0.